The van der Waals surface area contributed by atoms with E-state index in [4.69, 9.17) is 5.11 Å². The quantitative estimate of drug-likeness (QED) is 0.906. The molecular formula is C12H16F3N3O. The molecule has 1 aromatic rings. The molecule has 0 radical (unpaired) electrons. The Bertz CT molecular complexity index is 400. The summed E-state index contributed by atoms with van der Waals surface area (Å²) in [5.41, 5.74) is 0.807. The number of hydrogen-bond donors (Lipinski definition) is 1. The van der Waals surface area contributed by atoms with Gasteiger partial charge in [-0.25, -0.2) is 0 Å². The van der Waals surface area contributed by atoms with Gasteiger partial charge in [-0.1, -0.05) is 0 Å². The van der Waals surface area contributed by atoms with Gasteiger partial charge in [0, 0.05) is 32.7 Å². The van der Waals surface area contributed by atoms with Crippen LogP contribution in [0.2, 0.25) is 0 Å². The van der Waals surface area contributed by atoms with Crippen molar-refractivity contribution in [2.24, 2.45) is 0 Å². The maximum atomic E-state index is 12.2. The van der Waals surface area contributed by atoms with Crippen molar-refractivity contribution >= 4 is 0 Å². The summed E-state index contributed by atoms with van der Waals surface area (Å²) < 4.78 is 36.7. The van der Waals surface area contributed by atoms with Crippen molar-refractivity contribution in [3.8, 4) is 5.75 Å². The average Bonchev–Trinajstić information content (AvgIpc) is 2.33. The lowest BCUT2D eigenvalue weighted by molar-refractivity contribution is -0.149. The van der Waals surface area contributed by atoms with E-state index in [1.807, 2.05) is 0 Å². The molecule has 1 aliphatic heterocycles. The third-order valence-corrected chi connectivity index (χ3v) is 3.06. The van der Waals surface area contributed by atoms with E-state index in [0.29, 0.717) is 32.7 Å². The zero-order chi connectivity index (χ0) is 13.9. The first kappa shape index (κ1) is 14.1. The highest BCUT2D eigenvalue weighted by Gasteiger charge is 2.32. The fourth-order valence-electron chi connectivity index (χ4n) is 2.10. The lowest BCUT2D eigenvalue weighted by atomic mass is 10.2. The van der Waals surface area contributed by atoms with Crippen LogP contribution in [0.3, 0.4) is 0 Å². The molecule has 2 rings (SSSR count). The monoisotopic (exact) mass is 275 g/mol. The normalized spacial score (nSPS) is 18.7. The van der Waals surface area contributed by atoms with Gasteiger partial charge in [-0.05, 0) is 12.1 Å². The molecule has 0 bridgehead atoms. The molecule has 1 aliphatic rings. The van der Waals surface area contributed by atoms with Crippen LogP contribution < -0.4 is 0 Å². The number of piperazine rings is 1. The Kier molecular flexibility index (Phi) is 4.26. The van der Waals surface area contributed by atoms with E-state index < -0.39 is 12.7 Å². The van der Waals surface area contributed by atoms with E-state index in [-0.39, 0.29) is 5.75 Å². The lowest BCUT2D eigenvalue weighted by Gasteiger charge is -2.34. The predicted molar refractivity (Wildman–Crippen MR) is 63.7 cm³/mol. The van der Waals surface area contributed by atoms with Gasteiger partial charge in [0.2, 0.25) is 0 Å². The summed E-state index contributed by atoms with van der Waals surface area (Å²) in [4.78, 5) is 7.54. The second kappa shape index (κ2) is 5.75. The molecule has 2 heterocycles. The summed E-state index contributed by atoms with van der Waals surface area (Å²) in [6.07, 6.45) is -2.75. The van der Waals surface area contributed by atoms with E-state index in [0.717, 1.165) is 5.69 Å². The number of pyridine rings is 1. The molecule has 0 atom stereocenters. The Morgan fingerprint density at radius 2 is 1.74 bits per heavy atom. The largest absolute Gasteiger partial charge is 0.506 e. The summed E-state index contributed by atoms with van der Waals surface area (Å²) >= 11 is 0. The minimum absolute atomic E-state index is 0.110. The molecule has 1 fully saturated rings. The zero-order valence-electron chi connectivity index (χ0n) is 10.4. The number of alkyl halides is 3. The average molecular weight is 275 g/mol. The van der Waals surface area contributed by atoms with Crippen molar-refractivity contribution < 1.29 is 18.3 Å². The van der Waals surface area contributed by atoms with Crippen molar-refractivity contribution in [1.29, 1.82) is 0 Å². The van der Waals surface area contributed by atoms with Gasteiger partial charge in [-0.15, -0.1) is 0 Å². The van der Waals surface area contributed by atoms with Crippen LogP contribution in [0.25, 0.3) is 0 Å². The highest BCUT2D eigenvalue weighted by molar-refractivity contribution is 5.17. The first-order chi connectivity index (χ1) is 8.92. The first-order valence-corrected chi connectivity index (χ1v) is 6.08. The molecule has 0 spiro atoms. The number of aromatic hydroxyl groups is 1. The van der Waals surface area contributed by atoms with Gasteiger partial charge in [0.25, 0.3) is 0 Å². The third-order valence-electron chi connectivity index (χ3n) is 3.06. The SMILES string of the molecule is Oc1ccc(CN2CCN(CC(F)(F)F)CC2)nc1. The highest BCUT2D eigenvalue weighted by Crippen LogP contribution is 2.18. The van der Waals surface area contributed by atoms with E-state index in [1.54, 1.807) is 12.1 Å². The number of rotatable bonds is 3. The summed E-state index contributed by atoms with van der Waals surface area (Å²) in [7, 11) is 0. The predicted octanol–water partition coefficient (Wildman–Crippen LogP) is 1.47. The van der Waals surface area contributed by atoms with Crippen molar-refractivity contribution in [3.63, 3.8) is 0 Å². The molecule has 19 heavy (non-hydrogen) atoms. The van der Waals surface area contributed by atoms with Gasteiger partial charge in [0.15, 0.2) is 0 Å². The van der Waals surface area contributed by atoms with E-state index in [1.165, 1.54) is 11.1 Å². The third kappa shape index (κ3) is 4.68. The van der Waals surface area contributed by atoms with Gasteiger partial charge >= 0.3 is 6.18 Å². The maximum absolute atomic E-state index is 12.2. The zero-order valence-corrected chi connectivity index (χ0v) is 10.4. The highest BCUT2D eigenvalue weighted by atomic mass is 19.4. The molecular weight excluding hydrogens is 259 g/mol. The Hall–Kier alpha value is -1.34. The second-order valence-electron chi connectivity index (χ2n) is 4.68. The van der Waals surface area contributed by atoms with Crippen LogP contribution in [-0.2, 0) is 6.54 Å². The van der Waals surface area contributed by atoms with Gasteiger partial charge < -0.3 is 5.11 Å². The maximum Gasteiger partial charge on any atom is 0.401 e. The van der Waals surface area contributed by atoms with Gasteiger partial charge in [-0.2, -0.15) is 13.2 Å². The Morgan fingerprint density at radius 1 is 1.11 bits per heavy atom. The van der Waals surface area contributed by atoms with Crippen LogP contribution in [0.15, 0.2) is 18.3 Å². The van der Waals surface area contributed by atoms with Crippen LogP contribution in [-0.4, -0.2) is 58.8 Å². The van der Waals surface area contributed by atoms with Crippen molar-refractivity contribution in [2.75, 3.05) is 32.7 Å². The molecule has 0 saturated carbocycles. The smallest absolute Gasteiger partial charge is 0.401 e. The van der Waals surface area contributed by atoms with Crippen molar-refractivity contribution in [1.82, 2.24) is 14.8 Å². The van der Waals surface area contributed by atoms with Gasteiger partial charge in [0.05, 0.1) is 18.4 Å². The Labute approximate surface area is 109 Å². The Morgan fingerprint density at radius 3 is 2.26 bits per heavy atom. The minimum atomic E-state index is -4.12. The number of aromatic nitrogens is 1. The fraction of sp³-hybridized carbons (Fsp3) is 0.583. The molecule has 1 saturated heterocycles. The molecule has 1 N–H and O–H groups in total. The first-order valence-electron chi connectivity index (χ1n) is 6.08. The van der Waals surface area contributed by atoms with Gasteiger partial charge in [0.1, 0.15) is 5.75 Å². The summed E-state index contributed by atoms with van der Waals surface area (Å²) in [5, 5.41) is 9.12. The van der Waals surface area contributed by atoms with Crippen molar-refractivity contribution in [3.05, 3.63) is 24.0 Å². The molecule has 0 aliphatic carbocycles. The summed E-state index contributed by atoms with van der Waals surface area (Å²) in [6.45, 7) is 1.78. The molecule has 7 heteroatoms. The lowest BCUT2D eigenvalue weighted by Crippen LogP contribution is -2.48. The summed E-state index contributed by atoms with van der Waals surface area (Å²) in [6, 6.07) is 3.28. The van der Waals surface area contributed by atoms with E-state index in [2.05, 4.69) is 9.88 Å². The van der Waals surface area contributed by atoms with Crippen LogP contribution in [0, 0.1) is 0 Å². The standard InChI is InChI=1S/C12H16F3N3O/c13-12(14,15)9-18-5-3-17(4-6-18)8-10-1-2-11(19)7-16-10/h1-2,7,19H,3-6,8-9H2. The molecule has 4 nitrogen and oxygen atoms in total. The minimum Gasteiger partial charge on any atom is -0.506 e. The summed E-state index contributed by atoms with van der Waals surface area (Å²) in [5.74, 6) is 0.110. The molecule has 0 amide bonds. The fourth-order valence-corrected chi connectivity index (χ4v) is 2.10. The molecule has 0 unspecified atom stereocenters. The molecule has 1 aromatic heterocycles. The van der Waals surface area contributed by atoms with Crippen LogP contribution in [0.4, 0.5) is 13.2 Å². The molecule has 0 aromatic carbocycles. The number of hydrogen-bond acceptors (Lipinski definition) is 4. The van der Waals surface area contributed by atoms with E-state index >= 15 is 0 Å². The van der Waals surface area contributed by atoms with Crippen LogP contribution >= 0.6 is 0 Å². The van der Waals surface area contributed by atoms with Crippen LogP contribution in [0.5, 0.6) is 5.75 Å². The number of halogens is 3. The number of nitrogens with zero attached hydrogens (tertiary/aromatic N) is 3. The van der Waals surface area contributed by atoms with E-state index in [9.17, 15) is 13.2 Å². The Balaban J connectivity index is 1.79. The van der Waals surface area contributed by atoms with Crippen molar-refractivity contribution in [2.45, 2.75) is 12.7 Å². The van der Waals surface area contributed by atoms with Gasteiger partial charge in [-0.3, -0.25) is 14.8 Å². The second-order valence-corrected chi connectivity index (χ2v) is 4.68. The topological polar surface area (TPSA) is 39.6 Å². The van der Waals surface area contributed by atoms with Crippen LogP contribution in [0.1, 0.15) is 5.69 Å². The molecule has 106 valence electrons.